The van der Waals surface area contributed by atoms with Crippen molar-refractivity contribution in [2.24, 2.45) is 0 Å². The molecule has 7 heteroatoms. The second kappa shape index (κ2) is 6.36. The number of aryl methyl sites for hydroxylation is 2. The first-order valence-corrected chi connectivity index (χ1v) is 8.61. The topological polar surface area (TPSA) is 55.4 Å². The zero-order chi connectivity index (χ0) is 16.5. The summed E-state index contributed by atoms with van der Waals surface area (Å²) in [6.07, 6.45) is 0. The number of rotatable bonds is 4. The van der Waals surface area contributed by atoms with Crippen molar-refractivity contribution in [1.82, 2.24) is 0 Å². The van der Waals surface area contributed by atoms with Crippen molar-refractivity contribution in [3.8, 4) is 5.75 Å². The predicted octanol–water partition coefficient (Wildman–Crippen LogP) is 4.42. The third kappa shape index (κ3) is 3.48. The summed E-state index contributed by atoms with van der Waals surface area (Å²) < 4.78 is 32.5. The van der Waals surface area contributed by atoms with E-state index in [0.29, 0.717) is 11.4 Å². The average Bonchev–Trinajstić information content (AvgIpc) is 2.39. The lowest BCUT2D eigenvalue weighted by Crippen LogP contribution is -2.14. The summed E-state index contributed by atoms with van der Waals surface area (Å²) in [5.74, 6) is 0.317. The molecule has 118 valence electrons. The van der Waals surface area contributed by atoms with Crippen molar-refractivity contribution >= 4 is 38.9 Å². The minimum absolute atomic E-state index is 0.0625. The van der Waals surface area contributed by atoms with E-state index in [0.717, 1.165) is 11.1 Å². The largest absolute Gasteiger partial charge is 0.495 e. The molecule has 2 aromatic carbocycles. The molecule has 0 unspecified atom stereocenters. The highest BCUT2D eigenvalue weighted by Crippen LogP contribution is 2.37. The number of benzene rings is 2. The first-order chi connectivity index (χ1) is 10.2. The van der Waals surface area contributed by atoms with E-state index in [1.54, 1.807) is 12.1 Å². The first kappa shape index (κ1) is 16.9. The van der Waals surface area contributed by atoms with Gasteiger partial charge in [-0.3, -0.25) is 4.72 Å². The van der Waals surface area contributed by atoms with Gasteiger partial charge in [-0.15, -0.1) is 0 Å². The summed E-state index contributed by atoms with van der Waals surface area (Å²) in [6.45, 7) is 3.78. The molecule has 0 amide bonds. The van der Waals surface area contributed by atoms with Crippen LogP contribution in [0.1, 0.15) is 11.1 Å². The number of halogens is 2. The van der Waals surface area contributed by atoms with Gasteiger partial charge in [0.2, 0.25) is 0 Å². The highest BCUT2D eigenvalue weighted by Gasteiger charge is 2.22. The SMILES string of the molecule is COc1ccc(S(=O)(=O)Nc2cc(C)cc(C)c2)c(Cl)c1Cl. The maximum absolute atomic E-state index is 12.5. The zero-order valence-corrected chi connectivity index (χ0v) is 14.6. The van der Waals surface area contributed by atoms with E-state index in [-0.39, 0.29) is 14.9 Å². The van der Waals surface area contributed by atoms with Crippen molar-refractivity contribution in [3.63, 3.8) is 0 Å². The molecule has 2 rings (SSSR count). The van der Waals surface area contributed by atoms with E-state index in [1.807, 2.05) is 19.9 Å². The fourth-order valence-electron chi connectivity index (χ4n) is 2.12. The van der Waals surface area contributed by atoms with Gasteiger partial charge in [0.1, 0.15) is 15.7 Å². The van der Waals surface area contributed by atoms with Gasteiger partial charge >= 0.3 is 0 Å². The van der Waals surface area contributed by atoms with Gasteiger partial charge in [0.25, 0.3) is 10.0 Å². The molecule has 1 N–H and O–H groups in total. The summed E-state index contributed by atoms with van der Waals surface area (Å²) in [7, 11) is -2.42. The summed E-state index contributed by atoms with van der Waals surface area (Å²) in [5.41, 5.74) is 2.38. The smallest absolute Gasteiger partial charge is 0.263 e. The Morgan fingerprint density at radius 3 is 2.14 bits per heavy atom. The minimum atomic E-state index is -3.85. The Morgan fingerprint density at radius 2 is 1.59 bits per heavy atom. The molecular formula is C15H15Cl2NO3S. The van der Waals surface area contributed by atoms with Crippen molar-refractivity contribution in [2.75, 3.05) is 11.8 Å². The lowest BCUT2D eigenvalue weighted by atomic mass is 10.1. The molecule has 0 heterocycles. The average molecular weight is 360 g/mol. The number of methoxy groups -OCH3 is 1. The van der Waals surface area contributed by atoms with Crippen LogP contribution in [0.2, 0.25) is 10.0 Å². The summed E-state index contributed by atoms with van der Waals surface area (Å²) in [4.78, 5) is -0.0980. The minimum Gasteiger partial charge on any atom is -0.495 e. The van der Waals surface area contributed by atoms with Gasteiger partial charge < -0.3 is 4.74 Å². The van der Waals surface area contributed by atoms with Crippen molar-refractivity contribution in [2.45, 2.75) is 18.7 Å². The van der Waals surface area contributed by atoms with Crippen molar-refractivity contribution in [1.29, 1.82) is 0 Å². The molecule has 0 spiro atoms. The first-order valence-electron chi connectivity index (χ1n) is 6.37. The van der Waals surface area contributed by atoms with Gasteiger partial charge in [0.15, 0.2) is 0 Å². The van der Waals surface area contributed by atoms with Gasteiger partial charge in [-0.2, -0.15) is 0 Å². The van der Waals surface area contributed by atoms with Crippen LogP contribution < -0.4 is 9.46 Å². The van der Waals surface area contributed by atoms with E-state index >= 15 is 0 Å². The van der Waals surface area contributed by atoms with Crippen LogP contribution in [0.15, 0.2) is 35.2 Å². The van der Waals surface area contributed by atoms with E-state index in [2.05, 4.69) is 4.72 Å². The van der Waals surface area contributed by atoms with Crippen LogP contribution in [-0.2, 0) is 10.0 Å². The lowest BCUT2D eigenvalue weighted by Gasteiger charge is -2.13. The van der Waals surface area contributed by atoms with Crippen LogP contribution in [0, 0.1) is 13.8 Å². The molecule has 0 bridgehead atoms. The van der Waals surface area contributed by atoms with Crippen LogP contribution in [0.3, 0.4) is 0 Å². The number of anilines is 1. The number of nitrogens with one attached hydrogen (secondary N) is 1. The summed E-state index contributed by atoms with van der Waals surface area (Å²) in [5, 5.41) is -0.00893. The molecule has 2 aromatic rings. The summed E-state index contributed by atoms with van der Waals surface area (Å²) in [6, 6.07) is 8.25. The molecule has 22 heavy (non-hydrogen) atoms. The van der Waals surface area contributed by atoms with Gasteiger partial charge in [0, 0.05) is 5.69 Å². The predicted molar refractivity (Wildman–Crippen MR) is 89.7 cm³/mol. The van der Waals surface area contributed by atoms with E-state index < -0.39 is 10.0 Å². The molecule has 0 aromatic heterocycles. The monoisotopic (exact) mass is 359 g/mol. The van der Waals surface area contributed by atoms with E-state index in [1.165, 1.54) is 19.2 Å². The second-order valence-electron chi connectivity index (χ2n) is 4.88. The Kier molecular flexibility index (Phi) is 4.90. The van der Waals surface area contributed by atoms with Crippen LogP contribution in [0.5, 0.6) is 5.75 Å². The fourth-order valence-corrected chi connectivity index (χ4v) is 4.01. The Labute approximate surface area is 140 Å². The molecule has 0 aliphatic carbocycles. The lowest BCUT2D eigenvalue weighted by molar-refractivity contribution is 0.414. The fraction of sp³-hybridized carbons (Fsp3) is 0.200. The van der Waals surface area contributed by atoms with Crippen LogP contribution in [-0.4, -0.2) is 15.5 Å². The highest BCUT2D eigenvalue weighted by atomic mass is 35.5. The number of sulfonamides is 1. The van der Waals surface area contributed by atoms with Crippen molar-refractivity contribution < 1.29 is 13.2 Å². The number of ether oxygens (including phenoxy) is 1. The van der Waals surface area contributed by atoms with E-state index in [9.17, 15) is 8.42 Å². The second-order valence-corrected chi connectivity index (χ2v) is 7.28. The molecular weight excluding hydrogens is 345 g/mol. The van der Waals surface area contributed by atoms with Crippen molar-refractivity contribution in [3.05, 3.63) is 51.5 Å². The van der Waals surface area contributed by atoms with Gasteiger partial charge in [-0.05, 0) is 49.2 Å². The third-order valence-electron chi connectivity index (χ3n) is 2.99. The Morgan fingerprint density at radius 1 is 1.00 bits per heavy atom. The van der Waals surface area contributed by atoms with Gasteiger partial charge in [-0.1, -0.05) is 29.3 Å². The number of hydrogen-bond acceptors (Lipinski definition) is 3. The van der Waals surface area contributed by atoms with Crippen LogP contribution in [0.25, 0.3) is 0 Å². The zero-order valence-electron chi connectivity index (χ0n) is 12.3. The highest BCUT2D eigenvalue weighted by molar-refractivity contribution is 7.92. The molecule has 0 fully saturated rings. The molecule has 4 nitrogen and oxygen atoms in total. The number of hydrogen-bond donors (Lipinski definition) is 1. The maximum Gasteiger partial charge on any atom is 0.263 e. The van der Waals surface area contributed by atoms with Crippen LogP contribution >= 0.6 is 23.2 Å². The Hall–Kier alpha value is -1.43. The standard InChI is InChI=1S/C15H15Cl2NO3S/c1-9-6-10(2)8-11(7-9)18-22(19,20)13-5-4-12(21-3)14(16)15(13)17/h4-8,18H,1-3H3. The van der Waals surface area contributed by atoms with E-state index in [4.69, 9.17) is 27.9 Å². The quantitative estimate of drug-likeness (QED) is 0.878. The normalized spacial score (nSPS) is 11.3. The Balaban J connectivity index is 2.45. The van der Waals surface area contributed by atoms with Crippen LogP contribution in [0.4, 0.5) is 5.69 Å². The molecule has 0 saturated carbocycles. The molecule has 0 radical (unpaired) electrons. The molecule has 0 atom stereocenters. The summed E-state index contributed by atoms with van der Waals surface area (Å²) >= 11 is 12.1. The molecule has 0 aliphatic rings. The third-order valence-corrected chi connectivity index (χ3v) is 5.40. The molecule has 0 saturated heterocycles. The van der Waals surface area contributed by atoms with Gasteiger partial charge in [0.05, 0.1) is 12.1 Å². The maximum atomic E-state index is 12.5. The molecule has 0 aliphatic heterocycles. The van der Waals surface area contributed by atoms with Gasteiger partial charge in [-0.25, -0.2) is 8.42 Å². The Bertz CT molecular complexity index is 800.